The van der Waals surface area contributed by atoms with Gasteiger partial charge in [0, 0.05) is 10.6 Å². The van der Waals surface area contributed by atoms with Gasteiger partial charge in [0.2, 0.25) is 5.91 Å². The Labute approximate surface area is 144 Å². The standard InChI is InChI=1S/C17H20N2O2S2/c1-3-21-14-6-4-5-11-12(14)7-8-13(11)19-16(20)9-15-10(2)18-17(22)23-15/h4-6,13H,3,7-9H2,1-2H3,(H,18,22)(H,19,20). The summed E-state index contributed by atoms with van der Waals surface area (Å²) in [6.07, 6.45) is 2.24. The van der Waals surface area contributed by atoms with Crippen LogP contribution in [0, 0.1) is 10.9 Å². The number of rotatable bonds is 5. The van der Waals surface area contributed by atoms with E-state index in [1.54, 1.807) is 0 Å². The molecule has 0 bridgehead atoms. The number of aromatic nitrogens is 1. The van der Waals surface area contributed by atoms with Crippen LogP contribution in [0.4, 0.5) is 0 Å². The third-order valence-corrected chi connectivity index (χ3v) is 5.44. The minimum absolute atomic E-state index is 0.0398. The molecule has 0 fully saturated rings. The molecule has 0 aliphatic heterocycles. The van der Waals surface area contributed by atoms with Gasteiger partial charge >= 0.3 is 0 Å². The molecule has 1 heterocycles. The Bertz CT molecular complexity index is 779. The van der Waals surface area contributed by atoms with Gasteiger partial charge < -0.3 is 15.0 Å². The van der Waals surface area contributed by atoms with E-state index in [-0.39, 0.29) is 11.9 Å². The van der Waals surface area contributed by atoms with Crippen LogP contribution in [0.1, 0.15) is 41.1 Å². The summed E-state index contributed by atoms with van der Waals surface area (Å²) in [5, 5.41) is 3.15. The number of aromatic amines is 1. The van der Waals surface area contributed by atoms with E-state index in [0.29, 0.717) is 13.0 Å². The van der Waals surface area contributed by atoms with Gasteiger partial charge in [-0.25, -0.2) is 0 Å². The van der Waals surface area contributed by atoms with E-state index in [1.807, 2.05) is 26.0 Å². The maximum atomic E-state index is 12.4. The summed E-state index contributed by atoms with van der Waals surface area (Å²) in [6, 6.07) is 6.16. The molecular formula is C17H20N2O2S2. The number of carbonyl (C=O) groups excluding carboxylic acids is 1. The summed E-state index contributed by atoms with van der Waals surface area (Å²) in [4.78, 5) is 16.5. The normalized spacial score (nSPS) is 16.2. The first kappa shape index (κ1) is 16.2. The fraction of sp³-hybridized carbons (Fsp3) is 0.412. The average Bonchev–Trinajstić information content (AvgIpc) is 3.04. The van der Waals surface area contributed by atoms with Crippen molar-refractivity contribution in [2.45, 2.75) is 39.2 Å². The van der Waals surface area contributed by atoms with E-state index in [0.717, 1.165) is 33.1 Å². The van der Waals surface area contributed by atoms with Gasteiger partial charge in [-0.05, 0) is 56.1 Å². The van der Waals surface area contributed by atoms with Crippen molar-refractivity contribution in [1.29, 1.82) is 0 Å². The molecule has 3 rings (SSSR count). The van der Waals surface area contributed by atoms with Gasteiger partial charge in [-0.15, -0.1) is 11.3 Å². The molecule has 1 aromatic carbocycles. The number of H-pyrrole nitrogens is 1. The number of thiazole rings is 1. The number of nitrogens with one attached hydrogen (secondary N) is 2. The van der Waals surface area contributed by atoms with Crippen molar-refractivity contribution >= 4 is 29.5 Å². The Balaban J connectivity index is 1.71. The lowest BCUT2D eigenvalue weighted by Gasteiger charge is -2.15. The quantitative estimate of drug-likeness (QED) is 0.807. The molecule has 2 aromatic rings. The van der Waals surface area contributed by atoms with E-state index >= 15 is 0 Å². The van der Waals surface area contributed by atoms with Gasteiger partial charge in [-0.2, -0.15) is 0 Å². The van der Waals surface area contributed by atoms with Gasteiger partial charge in [-0.3, -0.25) is 4.79 Å². The lowest BCUT2D eigenvalue weighted by molar-refractivity contribution is -0.121. The van der Waals surface area contributed by atoms with Gasteiger partial charge in [-0.1, -0.05) is 12.1 Å². The Kier molecular flexibility index (Phi) is 4.82. The number of aryl methyl sites for hydroxylation is 1. The summed E-state index contributed by atoms with van der Waals surface area (Å²) in [5.74, 6) is 0.985. The number of hydrogen-bond donors (Lipinski definition) is 2. The molecule has 23 heavy (non-hydrogen) atoms. The van der Waals surface area contributed by atoms with Crippen molar-refractivity contribution in [2.75, 3.05) is 6.61 Å². The molecule has 1 atom stereocenters. The molecule has 6 heteroatoms. The molecule has 0 spiro atoms. The van der Waals surface area contributed by atoms with Gasteiger partial charge in [0.1, 0.15) is 5.75 Å². The first-order valence-electron chi connectivity index (χ1n) is 7.81. The lowest BCUT2D eigenvalue weighted by atomic mass is 10.1. The van der Waals surface area contributed by atoms with Crippen molar-refractivity contribution in [3.8, 4) is 5.75 Å². The van der Waals surface area contributed by atoms with E-state index in [4.69, 9.17) is 17.0 Å². The number of amides is 1. The largest absolute Gasteiger partial charge is 0.494 e. The summed E-state index contributed by atoms with van der Waals surface area (Å²) in [7, 11) is 0. The molecule has 0 saturated heterocycles. The topological polar surface area (TPSA) is 54.1 Å². The molecule has 1 aliphatic carbocycles. The summed E-state index contributed by atoms with van der Waals surface area (Å²) >= 11 is 6.60. The number of ether oxygens (including phenoxy) is 1. The highest BCUT2D eigenvalue weighted by molar-refractivity contribution is 7.73. The third-order valence-electron chi connectivity index (χ3n) is 4.11. The number of carbonyl (C=O) groups is 1. The van der Waals surface area contributed by atoms with Crippen molar-refractivity contribution in [3.05, 3.63) is 43.9 Å². The Hall–Kier alpha value is -1.66. The van der Waals surface area contributed by atoms with Crippen LogP contribution in [-0.4, -0.2) is 17.5 Å². The van der Waals surface area contributed by atoms with Crippen molar-refractivity contribution in [2.24, 2.45) is 0 Å². The fourth-order valence-electron chi connectivity index (χ4n) is 3.06. The first-order valence-corrected chi connectivity index (χ1v) is 9.03. The van der Waals surface area contributed by atoms with Crippen molar-refractivity contribution < 1.29 is 9.53 Å². The maximum absolute atomic E-state index is 12.4. The maximum Gasteiger partial charge on any atom is 0.225 e. The van der Waals surface area contributed by atoms with Gasteiger partial charge in [0.25, 0.3) is 0 Å². The number of fused-ring (bicyclic) bond motifs is 1. The van der Waals surface area contributed by atoms with Crippen molar-refractivity contribution in [1.82, 2.24) is 10.3 Å². The second-order valence-corrected chi connectivity index (χ2v) is 7.43. The van der Waals surface area contributed by atoms with Crippen LogP contribution in [0.15, 0.2) is 18.2 Å². The number of hydrogen-bond acceptors (Lipinski definition) is 4. The highest BCUT2D eigenvalue weighted by Crippen LogP contribution is 2.37. The Morgan fingerprint density at radius 2 is 2.35 bits per heavy atom. The van der Waals surface area contributed by atoms with Gasteiger partial charge in [0.05, 0.1) is 19.1 Å². The Morgan fingerprint density at radius 1 is 1.52 bits per heavy atom. The second kappa shape index (κ2) is 6.84. The highest BCUT2D eigenvalue weighted by atomic mass is 32.1. The second-order valence-electron chi connectivity index (χ2n) is 5.66. The van der Waals surface area contributed by atoms with Gasteiger partial charge in [0.15, 0.2) is 3.95 Å². The smallest absolute Gasteiger partial charge is 0.225 e. The van der Waals surface area contributed by atoms with E-state index in [9.17, 15) is 4.79 Å². The van der Waals surface area contributed by atoms with Crippen LogP contribution in [0.5, 0.6) is 5.75 Å². The molecule has 4 nitrogen and oxygen atoms in total. The molecule has 122 valence electrons. The molecule has 0 radical (unpaired) electrons. The van der Waals surface area contributed by atoms with Crippen LogP contribution in [-0.2, 0) is 17.6 Å². The molecule has 1 amide bonds. The molecule has 1 unspecified atom stereocenters. The van der Waals surface area contributed by atoms with E-state index < -0.39 is 0 Å². The predicted octanol–water partition coefficient (Wildman–Crippen LogP) is 3.86. The SMILES string of the molecule is CCOc1cccc2c1CCC2NC(=O)Cc1sc(=S)[nH]c1C. The monoisotopic (exact) mass is 348 g/mol. The van der Waals surface area contributed by atoms with Crippen LogP contribution in [0.25, 0.3) is 0 Å². The van der Waals surface area contributed by atoms with Crippen LogP contribution in [0.2, 0.25) is 0 Å². The van der Waals surface area contributed by atoms with E-state index in [1.165, 1.54) is 22.5 Å². The highest BCUT2D eigenvalue weighted by Gasteiger charge is 2.26. The zero-order valence-electron chi connectivity index (χ0n) is 13.3. The molecule has 0 saturated carbocycles. The summed E-state index contributed by atoms with van der Waals surface area (Å²) in [6.45, 7) is 4.60. The van der Waals surface area contributed by atoms with Crippen LogP contribution >= 0.6 is 23.6 Å². The average molecular weight is 348 g/mol. The molecule has 1 aliphatic rings. The Morgan fingerprint density at radius 3 is 3.04 bits per heavy atom. The summed E-state index contributed by atoms with van der Waals surface area (Å²) < 4.78 is 6.41. The fourth-order valence-corrected chi connectivity index (χ4v) is 4.35. The zero-order chi connectivity index (χ0) is 16.4. The first-order chi connectivity index (χ1) is 11.1. The van der Waals surface area contributed by atoms with Crippen LogP contribution < -0.4 is 10.1 Å². The predicted molar refractivity (Wildman–Crippen MR) is 94.8 cm³/mol. The van der Waals surface area contributed by atoms with Crippen LogP contribution in [0.3, 0.4) is 0 Å². The zero-order valence-corrected chi connectivity index (χ0v) is 14.9. The molecule has 2 N–H and O–H groups in total. The molecule has 1 aromatic heterocycles. The minimum atomic E-state index is 0.0398. The van der Waals surface area contributed by atoms with E-state index in [2.05, 4.69) is 16.4 Å². The van der Waals surface area contributed by atoms with Crippen molar-refractivity contribution in [3.63, 3.8) is 0 Å². The number of benzene rings is 1. The molecular weight excluding hydrogens is 328 g/mol. The lowest BCUT2D eigenvalue weighted by Crippen LogP contribution is -2.28. The summed E-state index contributed by atoms with van der Waals surface area (Å²) in [5.41, 5.74) is 3.40. The minimum Gasteiger partial charge on any atom is -0.494 e. The third kappa shape index (κ3) is 3.48.